The molecule has 118 valence electrons. The van der Waals surface area contributed by atoms with Crippen LogP contribution in [-0.2, 0) is 6.54 Å². The summed E-state index contributed by atoms with van der Waals surface area (Å²) in [6.45, 7) is 2.06. The summed E-state index contributed by atoms with van der Waals surface area (Å²) in [7, 11) is 1.57. The first-order valence-electron chi connectivity index (χ1n) is 7.18. The monoisotopic (exact) mass is 313 g/mol. The maximum atomic E-state index is 12.9. The van der Waals surface area contributed by atoms with Crippen LogP contribution in [-0.4, -0.2) is 13.0 Å². The molecular weight excluding hydrogens is 297 g/mol. The molecule has 2 aromatic carbocycles. The Labute approximate surface area is 132 Å². The third kappa shape index (κ3) is 3.04. The van der Waals surface area contributed by atoms with Gasteiger partial charge in [-0.15, -0.1) is 0 Å². The van der Waals surface area contributed by atoms with Gasteiger partial charge < -0.3 is 14.5 Å². The Morgan fingerprint density at radius 1 is 1.22 bits per heavy atom. The van der Waals surface area contributed by atoms with Crippen molar-refractivity contribution in [1.29, 1.82) is 0 Å². The average molecular weight is 313 g/mol. The first kappa shape index (κ1) is 15.1. The Kier molecular flexibility index (Phi) is 4.02. The van der Waals surface area contributed by atoms with Crippen molar-refractivity contribution in [1.82, 2.24) is 5.32 Å². The van der Waals surface area contributed by atoms with Crippen LogP contribution in [0.25, 0.3) is 11.0 Å². The molecule has 0 atom stereocenters. The topological polar surface area (TPSA) is 51.5 Å². The van der Waals surface area contributed by atoms with E-state index in [-0.39, 0.29) is 11.7 Å². The number of amides is 1. The van der Waals surface area contributed by atoms with Gasteiger partial charge >= 0.3 is 0 Å². The normalized spacial score (nSPS) is 10.7. The van der Waals surface area contributed by atoms with Crippen LogP contribution in [0, 0.1) is 12.7 Å². The second kappa shape index (κ2) is 6.12. The van der Waals surface area contributed by atoms with Crippen molar-refractivity contribution in [2.45, 2.75) is 13.5 Å². The van der Waals surface area contributed by atoms with E-state index in [1.807, 2.05) is 0 Å². The number of nitrogens with one attached hydrogen (secondary N) is 1. The maximum absolute atomic E-state index is 12.9. The van der Waals surface area contributed by atoms with E-state index in [0.29, 0.717) is 34.6 Å². The lowest BCUT2D eigenvalue weighted by Crippen LogP contribution is -2.23. The summed E-state index contributed by atoms with van der Waals surface area (Å²) in [5.74, 6) is 0.665. The molecule has 0 aliphatic heterocycles. The lowest BCUT2D eigenvalue weighted by atomic mass is 10.1. The van der Waals surface area contributed by atoms with Gasteiger partial charge in [-0.1, -0.05) is 12.1 Å². The fraction of sp³-hybridized carbons (Fsp3) is 0.167. The number of carbonyl (C=O) groups excluding carboxylic acids is 1. The average Bonchev–Trinajstić information content (AvgIpc) is 2.88. The van der Waals surface area contributed by atoms with Crippen LogP contribution in [0.1, 0.15) is 21.7 Å². The largest absolute Gasteiger partial charge is 0.497 e. The first-order chi connectivity index (χ1) is 11.1. The SMILES string of the molecule is COc1ccc2oc(C)c(C(=O)NCc3ccc(F)cc3)c2c1. The molecule has 1 N–H and O–H groups in total. The molecule has 5 heteroatoms. The minimum absolute atomic E-state index is 0.237. The predicted molar refractivity (Wildman–Crippen MR) is 85.1 cm³/mol. The van der Waals surface area contributed by atoms with E-state index in [1.165, 1.54) is 12.1 Å². The molecule has 0 bridgehead atoms. The summed E-state index contributed by atoms with van der Waals surface area (Å²) in [5, 5.41) is 3.54. The lowest BCUT2D eigenvalue weighted by Gasteiger charge is -2.05. The van der Waals surface area contributed by atoms with Crippen LogP contribution in [0.5, 0.6) is 5.75 Å². The highest BCUT2D eigenvalue weighted by atomic mass is 19.1. The predicted octanol–water partition coefficient (Wildman–Crippen LogP) is 3.82. The minimum Gasteiger partial charge on any atom is -0.497 e. The van der Waals surface area contributed by atoms with Gasteiger partial charge in [0.15, 0.2) is 0 Å². The van der Waals surface area contributed by atoms with Crippen LogP contribution in [0.2, 0.25) is 0 Å². The zero-order valence-corrected chi connectivity index (χ0v) is 12.9. The van der Waals surface area contributed by atoms with Gasteiger partial charge in [-0.2, -0.15) is 0 Å². The number of benzene rings is 2. The molecule has 23 heavy (non-hydrogen) atoms. The van der Waals surface area contributed by atoms with Gasteiger partial charge in [0.05, 0.1) is 12.7 Å². The number of aryl methyl sites for hydroxylation is 1. The van der Waals surface area contributed by atoms with Gasteiger partial charge in [-0.25, -0.2) is 4.39 Å². The molecule has 1 heterocycles. The molecule has 1 amide bonds. The van der Waals surface area contributed by atoms with Crippen molar-refractivity contribution in [2.75, 3.05) is 7.11 Å². The van der Waals surface area contributed by atoms with E-state index in [9.17, 15) is 9.18 Å². The number of carbonyl (C=O) groups is 1. The molecule has 0 saturated carbocycles. The zero-order valence-electron chi connectivity index (χ0n) is 12.9. The molecule has 0 aliphatic rings. The Hall–Kier alpha value is -2.82. The molecule has 4 nitrogen and oxygen atoms in total. The van der Waals surface area contributed by atoms with E-state index in [1.54, 1.807) is 44.4 Å². The van der Waals surface area contributed by atoms with E-state index in [4.69, 9.17) is 9.15 Å². The molecule has 0 unspecified atom stereocenters. The fourth-order valence-electron chi connectivity index (χ4n) is 2.48. The molecule has 0 fully saturated rings. The zero-order chi connectivity index (χ0) is 16.4. The Morgan fingerprint density at radius 3 is 2.65 bits per heavy atom. The maximum Gasteiger partial charge on any atom is 0.255 e. The van der Waals surface area contributed by atoms with Crippen molar-refractivity contribution in [3.8, 4) is 5.75 Å². The van der Waals surface area contributed by atoms with Crippen LogP contribution >= 0.6 is 0 Å². The van der Waals surface area contributed by atoms with Gasteiger partial charge in [-0.3, -0.25) is 4.79 Å². The van der Waals surface area contributed by atoms with Gasteiger partial charge in [-0.05, 0) is 42.8 Å². The van der Waals surface area contributed by atoms with Crippen LogP contribution in [0.15, 0.2) is 46.9 Å². The highest BCUT2D eigenvalue weighted by molar-refractivity contribution is 6.07. The number of halogens is 1. The van der Waals surface area contributed by atoms with Crippen molar-refractivity contribution in [3.63, 3.8) is 0 Å². The highest BCUT2D eigenvalue weighted by Gasteiger charge is 2.18. The summed E-state index contributed by atoms with van der Waals surface area (Å²) in [6, 6.07) is 11.3. The number of furan rings is 1. The fourth-order valence-corrected chi connectivity index (χ4v) is 2.48. The summed E-state index contributed by atoms with van der Waals surface area (Å²) in [4.78, 5) is 12.5. The summed E-state index contributed by atoms with van der Waals surface area (Å²) in [6.07, 6.45) is 0. The standard InChI is InChI=1S/C18H16FNO3/c1-11-17(15-9-14(22-2)7-8-16(15)23-11)18(21)20-10-12-3-5-13(19)6-4-12/h3-9H,10H2,1-2H3,(H,20,21). The highest BCUT2D eigenvalue weighted by Crippen LogP contribution is 2.29. The van der Waals surface area contributed by atoms with Gasteiger partial charge in [0.2, 0.25) is 0 Å². The van der Waals surface area contributed by atoms with Crippen LogP contribution in [0.3, 0.4) is 0 Å². The summed E-state index contributed by atoms with van der Waals surface area (Å²) < 4.78 is 23.7. The number of hydrogen-bond acceptors (Lipinski definition) is 3. The number of hydrogen-bond donors (Lipinski definition) is 1. The lowest BCUT2D eigenvalue weighted by molar-refractivity contribution is 0.0951. The number of methoxy groups -OCH3 is 1. The molecule has 3 aromatic rings. The van der Waals surface area contributed by atoms with Crippen LogP contribution < -0.4 is 10.1 Å². The minimum atomic E-state index is -0.302. The molecule has 3 rings (SSSR count). The molecule has 0 spiro atoms. The number of fused-ring (bicyclic) bond motifs is 1. The molecule has 0 radical (unpaired) electrons. The van der Waals surface area contributed by atoms with Gasteiger partial charge in [0, 0.05) is 11.9 Å². The molecular formula is C18H16FNO3. The second-order valence-electron chi connectivity index (χ2n) is 5.20. The van der Waals surface area contributed by atoms with Gasteiger partial charge in [0.25, 0.3) is 5.91 Å². The Bertz CT molecular complexity index is 853. The number of rotatable bonds is 4. The quantitative estimate of drug-likeness (QED) is 0.796. The van der Waals surface area contributed by atoms with E-state index in [2.05, 4.69) is 5.32 Å². The summed E-state index contributed by atoms with van der Waals surface area (Å²) >= 11 is 0. The van der Waals surface area contributed by atoms with Crippen LogP contribution in [0.4, 0.5) is 4.39 Å². The van der Waals surface area contributed by atoms with Crippen molar-refractivity contribution in [3.05, 3.63) is 65.2 Å². The van der Waals surface area contributed by atoms with E-state index < -0.39 is 0 Å². The Balaban J connectivity index is 1.85. The van der Waals surface area contributed by atoms with Crippen molar-refractivity contribution >= 4 is 16.9 Å². The van der Waals surface area contributed by atoms with Crippen molar-refractivity contribution < 1.29 is 18.3 Å². The molecule has 1 aromatic heterocycles. The third-order valence-electron chi connectivity index (χ3n) is 3.66. The van der Waals surface area contributed by atoms with E-state index in [0.717, 1.165) is 5.56 Å². The smallest absolute Gasteiger partial charge is 0.255 e. The molecule has 0 saturated heterocycles. The third-order valence-corrected chi connectivity index (χ3v) is 3.66. The molecule has 0 aliphatic carbocycles. The van der Waals surface area contributed by atoms with Crippen molar-refractivity contribution in [2.24, 2.45) is 0 Å². The second-order valence-corrected chi connectivity index (χ2v) is 5.20. The van der Waals surface area contributed by atoms with E-state index >= 15 is 0 Å². The first-order valence-corrected chi connectivity index (χ1v) is 7.18. The summed E-state index contributed by atoms with van der Waals surface area (Å²) in [5.41, 5.74) is 1.94. The number of ether oxygens (including phenoxy) is 1. The van der Waals surface area contributed by atoms with Gasteiger partial charge in [0.1, 0.15) is 22.9 Å². The Morgan fingerprint density at radius 2 is 1.96 bits per heavy atom.